The largest absolute Gasteiger partial charge is 0.382 e. The van der Waals surface area contributed by atoms with E-state index in [0.29, 0.717) is 6.04 Å². The van der Waals surface area contributed by atoms with Gasteiger partial charge in [-0.3, -0.25) is 0 Å². The minimum Gasteiger partial charge on any atom is -0.382 e. The number of hydrogen-bond donors (Lipinski definition) is 1. The number of benzene rings is 2. The zero-order valence-corrected chi connectivity index (χ0v) is 13.1. The van der Waals surface area contributed by atoms with Crippen molar-refractivity contribution in [3.63, 3.8) is 0 Å². The van der Waals surface area contributed by atoms with Crippen LogP contribution in [-0.2, 0) is 0 Å². The van der Waals surface area contributed by atoms with Crippen molar-refractivity contribution in [2.24, 2.45) is 0 Å². The summed E-state index contributed by atoms with van der Waals surface area (Å²) in [5.41, 5.74) is 5.43. The molecule has 2 heteroatoms. The number of anilines is 2. The van der Waals surface area contributed by atoms with Crippen molar-refractivity contribution >= 4 is 11.4 Å². The molecule has 0 bridgehead atoms. The third-order valence-electron chi connectivity index (χ3n) is 4.52. The molecule has 21 heavy (non-hydrogen) atoms. The Kier molecular flexibility index (Phi) is 3.87. The molecule has 0 atom stereocenters. The molecule has 0 aliphatic heterocycles. The van der Waals surface area contributed by atoms with Crippen LogP contribution in [0.2, 0.25) is 0 Å². The minimum atomic E-state index is 0.611. The van der Waals surface area contributed by atoms with Crippen LogP contribution in [0.15, 0.2) is 48.5 Å². The van der Waals surface area contributed by atoms with Gasteiger partial charge in [-0.1, -0.05) is 24.3 Å². The SMILES string of the molecule is Cc1ccccc1C1CC(Nc2ccc(N(C)C)cc2)C1. The average molecular weight is 280 g/mol. The predicted molar refractivity (Wildman–Crippen MR) is 91.3 cm³/mol. The number of rotatable bonds is 4. The highest BCUT2D eigenvalue weighted by Gasteiger charge is 2.30. The van der Waals surface area contributed by atoms with Crippen LogP contribution in [0.3, 0.4) is 0 Å². The molecule has 1 aliphatic carbocycles. The van der Waals surface area contributed by atoms with Crippen LogP contribution in [0.25, 0.3) is 0 Å². The number of hydrogen-bond acceptors (Lipinski definition) is 2. The highest BCUT2D eigenvalue weighted by Crippen LogP contribution is 2.39. The van der Waals surface area contributed by atoms with Gasteiger partial charge in [0.05, 0.1) is 0 Å². The van der Waals surface area contributed by atoms with Gasteiger partial charge < -0.3 is 10.2 Å². The first-order chi connectivity index (χ1) is 10.1. The van der Waals surface area contributed by atoms with Gasteiger partial charge in [-0.15, -0.1) is 0 Å². The summed E-state index contributed by atoms with van der Waals surface area (Å²) < 4.78 is 0. The molecule has 0 radical (unpaired) electrons. The van der Waals surface area contributed by atoms with Crippen molar-refractivity contribution in [2.75, 3.05) is 24.3 Å². The van der Waals surface area contributed by atoms with Gasteiger partial charge in [0.15, 0.2) is 0 Å². The second-order valence-corrected chi connectivity index (χ2v) is 6.31. The Bertz CT molecular complexity index is 595. The summed E-state index contributed by atoms with van der Waals surface area (Å²) in [4.78, 5) is 2.13. The summed E-state index contributed by atoms with van der Waals surface area (Å²) in [5, 5.41) is 3.65. The molecule has 110 valence electrons. The molecule has 0 saturated heterocycles. The molecule has 0 spiro atoms. The first kappa shape index (κ1) is 14.0. The van der Waals surface area contributed by atoms with Crippen molar-refractivity contribution in [3.05, 3.63) is 59.7 Å². The molecular weight excluding hydrogens is 256 g/mol. The fourth-order valence-corrected chi connectivity index (χ4v) is 3.13. The Labute approximate surface area is 127 Å². The summed E-state index contributed by atoms with van der Waals surface area (Å²) in [6.45, 7) is 2.22. The fourth-order valence-electron chi connectivity index (χ4n) is 3.13. The van der Waals surface area contributed by atoms with Gasteiger partial charge >= 0.3 is 0 Å². The lowest BCUT2D eigenvalue weighted by atomic mass is 9.74. The van der Waals surface area contributed by atoms with Crippen LogP contribution >= 0.6 is 0 Å². The fraction of sp³-hybridized carbons (Fsp3) is 0.368. The monoisotopic (exact) mass is 280 g/mol. The first-order valence-corrected chi connectivity index (χ1v) is 7.73. The number of nitrogens with one attached hydrogen (secondary N) is 1. The molecule has 1 saturated carbocycles. The van der Waals surface area contributed by atoms with Crippen LogP contribution in [0.4, 0.5) is 11.4 Å². The lowest BCUT2D eigenvalue weighted by Crippen LogP contribution is -2.34. The zero-order chi connectivity index (χ0) is 14.8. The van der Waals surface area contributed by atoms with E-state index in [1.807, 2.05) is 0 Å². The number of nitrogens with zero attached hydrogens (tertiary/aromatic N) is 1. The highest BCUT2D eigenvalue weighted by atomic mass is 15.1. The van der Waals surface area contributed by atoms with Crippen LogP contribution in [0, 0.1) is 6.92 Å². The maximum atomic E-state index is 3.65. The second-order valence-electron chi connectivity index (χ2n) is 6.31. The van der Waals surface area contributed by atoms with Crippen LogP contribution in [0.5, 0.6) is 0 Å². The van der Waals surface area contributed by atoms with E-state index in [2.05, 4.69) is 79.8 Å². The third kappa shape index (κ3) is 3.05. The van der Waals surface area contributed by atoms with E-state index in [0.717, 1.165) is 5.92 Å². The summed E-state index contributed by atoms with van der Waals surface area (Å²) >= 11 is 0. The van der Waals surface area contributed by atoms with E-state index in [9.17, 15) is 0 Å². The summed E-state index contributed by atoms with van der Waals surface area (Å²) in [6, 6.07) is 18.1. The lowest BCUT2D eigenvalue weighted by Gasteiger charge is -2.37. The van der Waals surface area contributed by atoms with Gasteiger partial charge in [0.2, 0.25) is 0 Å². The van der Waals surface area contributed by atoms with Gasteiger partial charge in [0.25, 0.3) is 0 Å². The van der Waals surface area contributed by atoms with E-state index in [4.69, 9.17) is 0 Å². The molecule has 3 rings (SSSR count). The Hall–Kier alpha value is -1.96. The molecule has 1 N–H and O–H groups in total. The molecular formula is C19H24N2. The second kappa shape index (κ2) is 5.80. The Morgan fingerprint density at radius 1 is 0.952 bits per heavy atom. The van der Waals surface area contributed by atoms with Crippen molar-refractivity contribution in [1.29, 1.82) is 0 Å². The Morgan fingerprint density at radius 2 is 1.62 bits per heavy atom. The van der Waals surface area contributed by atoms with Crippen LogP contribution in [-0.4, -0.2) is 20.1 Å². The average Bonchev–Trinajstić information content (AvgIpc) is 2.44. The smallest absolute Gasteiger partial charge is 0.0362 e. The quantitative estimate of drug-likeness (QED) is 0.892. The van der Waals surface area contributed by atoms with Gasteiger partial charge in [-0.25, -0.2) is 0 Å². The molecule has 2 aromatic rings. The van der Waals surface area contributed by atoms with Crippen molar-refractivity contribution in [3.8, 4) is 0 Å². The highest BCUT2D eigenvalue weighted by molar-refractivity contribution is 5.55. The van der Waals surface area contributed by atoms with Gasteiger partial charge in [0.1, 0.15) is 0 Å². The van der Waals surface area contributed by atoms with Crippen molar-refractivity contribution in [2.45, 2.75) is 31.7 Å². The minimum absolute atomic E-state index is 0.611. The molecule has 0 heterocycles. The third-order valence-corrected chi connectivity index (χ3v) is 4.52. The summed E-state index contributed by atoms with van der Waals surface area (Å²) in [7, 11) is 4.14. The van der Waals surface area contributed by atoms with E-state index < -0.39 is 0 Å². The number of aryl methyl sites for hydroxylation is 1. The zero-order valence-electron chi connectivity index (χ0n) is 13.1. The van der Waals surface area contributed by atoms with Gasteiger partial charge in [-0.05, 0) is 61.1 Å². The molecule has 2 aromatic carbocycles. The van der Waals surface area contributed by atoms with Crippen LogP contribution < -0.4 is 10.2 Å². The summed E-state index contributed by atoms with van der Waals surface area (Å²) in [6.07, 6.45) is 2.47. The molecule has 2 nitrogen and oxygen atoms in total. The molecule has 1 aliphatic rings. The summed E-state index contributed by atoms with van der Waals surface area (Å²) in [5.74, 6) is 0.727. The first-order valence-electron chi connectivity index (χ1n) is 7.73. The molecule has 0 unspecified atom stereocenters. The van der Waals surface area contributed by atoms with Gasteiger partial charge in [0, 0.05) is 31.5 Å². The van der Waals surface area contributed by atoms with Crippen molar-refractivity contribution < 1.29 is 0 Å². The van der Waals surface area contributed by atoms with Crippen LogP contribution in [0.1, 0.15) is 29.9 Å². The normalized spacial score (nSPS) is 20.7. The molecule has 0 amide bonds. The standard InChI is InChI=1S/C19H24N2/c1-14-6-4-5-7-19(14)15-12-17(13-15)20-16-8-10-18(11-9-16)21(2)3/h4-11,15,17,20H,12-13H2,1-3H3. The van der Waals surface area contributed by atoms with E-state index in [1.54, 1.807) is 0 Å². The maximum absolute atomic E-state index is 3.65. The van der Waals surface area contributed by atoms with E-state index >= 15 is 0 Å². The van der Waals surface area contributed by atoms with E-state index in [-0.39, 0.29) is 0 Å². The Balaban J connectivity index is 1.56. The Morgan fingerprint density at radius 3 is 2.24 bits per heavy atom. The maximum Gasteiger partial charge on any atom is 0.0362 e. The molecule has 1 fully saturated rings. The molecule has 0 aromatic heterocycles. The topological polar surface area (TPSA) is 15.3 Å². The lowest BCUT2D eigenvalue weighted by molar-refractivity contribution is 0.373. The predicted octanol–water partition coefficient (Wildman–Crippen LogP) is 4.42. The van der Waals surface area contributed by atoms with Crippen molar-refractivity contribution in [1.82, 2.24) is 0 Å². The van der Waals surface area contributed by atoms with E-state index in [1.165, 1.54) is 35.3 Å². The van der Waals surface area contributed by atoms with Gasteiger partial charge in [-0.2, -0.15) is 0 Å².